The highest BCUT2D eigenvalue weighted by molar-refractivity contribution is 8.13. The minimum atomic E-state index is -4.58. The Bertz CT molecular complexity index is 1900. The first-order chi connectivity index (χ1) is 26.5. The van der Waals surface area contributed by atoms with Crippen molar-refractivity contribution in [1.29, 1.82) is 0 Å². The Morgan fingerprint density at radius 3 is 2.22 bits per heavy atom. The number of carbonyl (C=O) groups excluding carboxylic acids is 4. The number of thioether (sulfide) groups is 1. The lowest BCUT2D eigenvalue weighted by Gasteiger charge is -2.56. The molecule has 0 saturated carbocycles. The molecule has 7 rings (SSSR count). The Morgan fingerprint density at radius 1 is 0.873 bits per heavy atom. The number of nitrogens with one attached hydrogen (secondary N) is 1. The van der Waals surface area contributed by atoms with Crippen LogP contribution in [0.3, 0.4) is 0 Å². The van der Waals surface area contributed by atoms with Crippen molar-refractivity contribution in [3.63, 3.8) is 0 Å². The molecule has 3 aromatic rings. The topological polar surface area (TPSA) is 93.3 Å². The maximum atomic E-state index is 14.9. The first kappa shape index (κ1) is 38.6. The summed E-state index contributed by atoms with van der Waals surface area (Å²) < 4.78 is 40.7. The second-order valence-electron chi connectivity index (χ2n) is 14.9. The highest BCUT2D eigenvalue weighted by Crippen LogP contribution is 2.44. The van der Waals surface area contributed by atoms with Gasteiger partial charge in [0, 0.05) is 31.4 Å². The third-order valence-electron chi connectivity index (χ3n) is 11.5. The molecule has 0 spiro atoms. The van der Waals surface area contributed by atoms with Crippen molar-refractivity contribution in [2.24, 2.45) is 0 Å². The van der Waals surface area contributed by atoms with E-state index < -0.39 is 53.1 Å². The molecule has 1 N–H and O–H groups in total. The molecule has 0 radical (unpaired) electrons. The second kappa shape index (κ2) is 16.2. The molecule has 55 heavy (non-hydrogen) atoms. The molecular weight excluding hydrogens is 728 g/mol. The molecule has 0 aromatic heterocycles. The maximum absolute atomic E-state index is 14.9. The van der Waals surface area contributed by atoms with Crippen molar-refractivity contribution in [2.75, 3.05) is 31.9 Å². The van der Waals surface area contributed by atoms with Gasteiger partial charge in [0.05, 0.1) is 17.6 Å². The predicted molar refractivity (Wildman–Crippen MR) is 205 cm³/mol. The summed E-state index contributed by atoms with van der Waals surface area (Å²) in [7, 11) is 0. The Labute approximate surface area is 323 Å². The van der Waals surface area contributed by atoms with Crippen molar-refractivity contribution in [3.05, 3.63) is 113 Å². The van der Waals surface area contributed by atoms with E-state index in [4.69, 9.17) is 0 Å². The summed E-state index contributed by atoms with van der Waals surface area (Å²) in [6.07, 6.45) is 3.95. The molecule has 9 nitrogen and oxygen atoms in total. The van der Waals surface area contributed by atoms with Crippen molar-refractivity contribution in [3.8, 4) is 0 Å². The van der Waals surface area contributed by atoms with Crippen molar-refractivity contribution in [1.82, 2.24) is 24.9 Å². The van der Waals surface area contributed by atoms with E-state index >= 15 is 0 Å². The standard InChI is InChI=1S/C42H46F3N5O4S/c1-41(38(52)46-27-30-14-11-17-32(26-30)42(43,44)45,39(53)48-24-20-33(21-25-48)47-22-9-4-10-23-47)50-34(19-18-29-12-5-2-6-13-29)36(37(50)51)49-35(28-55-40(49)54)31-15-7-3-8-16-31/h2-3,5-8,11-19,26,33-36H,4,9-10,20-25,27-28H2,1H3,(H,46,52)/b19-18+. The van der Waals surface area contributed by atoms with Gasteiger partial charge in [0.2, 0.25) is 5.91 Å². The van der Waals surface area contributed by atoms with Gasteiger partial charge in [0.1, 0.15) is 6.04 Å². The van der Waals surface area contributed by atoms with Gasteiger partial charge in [-0.3, -0.25) is 19.2 Å². The number of likely N-dealkylation sites (tertiary alicyclic amines) is 3. The fourth-order valence-corrected chi connectivity index (χ4v) is 9.52. The lowest BCUT2D eigenvalue weighted by molar-refractivity contribution is -0.179. The Balaban J connectivity index is 1.23. The molecular formula is C42H46F3N5O4S. The number of piperidine rings is 2. The summed E-state index contributed by atoms with van der Waals surface area (Å²) >= 11 is 1.12. The second-order valence-corrected chi connectivity index (χ2v) is 15.9. The van der Waals surface area contributed by atoms with E-state index in [1.54, 1.807) is 15.9 Å². The molecule has 290 valence electrons. The molecule has 4 aliphatic rings. The van der Waals surface area contributed by atoms with Gasteiger partial charge in [-0.2, -0.15) is 13.2 Å². The number of carbonyl (C=O) groups is 4. The van der Waals surface area contributed by atoms with Gasteiger partial charge in [-0.1, -0.05) is 103 Å². The van der Waals surface area contributed by atoms with E-state index in [2.05, 4.69) is 10.2 Å². The van der Waals surface area contributed by atoms with E-state index in [1.165, 1.54) is 30.4 Å². The number of alkyl halides is 3. The van der Waals surface area contributed by atoms with Crippen LogP contribution in [0.25, 0.3) is 6.08 Å². The summed E-state index contributed by atoms with van der Waals surface area (Å²) in [6, 6.07) is 21.5. The third kappa shape index (κ3) is 7.91. The molecule has 4 saturated heterocycles. The maximum Gasteiger partial charge on any atom is 0.416 e. The number of nitrogens with zero attached hydrogens (tertiary/aromatic N) is 4. The van der Waals surface area contributed by atoms with E-state index in [0.717, 1.165) is 73.8 Å². The first-order valence-electron chi connectivity index (χ1n) is 19.0. The SMILES string of the molecule is CC(C(=O)NCc1cccc(C(F)(F)F)c1)(C(=O)N1CCC(N2CCCCC2)CC1)N1C(=O)C(N2C(=O)SCC2c2ccccc2)C1/C=C/c1ccccc1. The number of amides is 4. The van der Waals surface area contributed by atoms with E-state index in [-0.39, 0.29) is 17.3 Å². The molecule has 4 unspecified atom stereocenters. The number of β-lactam (4-membered cyclic amide) rings is 1. The summed E-state index contributed by atoms with van der Waals surface area (Å²) in [5.74, 6) is -1.48. The summed E-state index contributed by atoms with van der Waals surface area (Å²) in [4.78, 5) is 64.8. The van der Waals surface area contributed by atoms with E-state index in [1.807, 2.05) is 66.7 Å². The largest absolute Gasteiger partial charge is 0.416 e. The van der Waals surface area contributed by atoms with Crippen molar-refractivity contribution >= 4 is 40.8 Å². The third-order valence-corrected chi connectivity index (χ3v) is 12.4. The van der Waals surface area contributed by atoms with Crippen molar-refractivity contribution in [2.45, 2.75) is 81.5 Å². The van der Waals surface area contributed by atoms with Gasteiger partial charge in [-0.05, 0) is 74.5 Å². The van der Waals surface area contributed by atoms with E-state index in [0.29, 0.717) is 24.9 Å². The quantitative estimate of drug-likeness (QED) is 0.181. The van der Waals surface area contributed by atoms with Crippen molar-refractivity contribution < 1.29 is 32.3 Å². The molecule has 0 bridgehead atoms. The van der Waals surface area contributed by atoms with Crippen LogP contribution in [0, 0.1) is 0 Å². The zero-order valence-electron chi connectivity index (χ0n) is 30.8. The highest BCUT2D eigenvalue weighted by atomic mass is 32.2. The van der Waals surface area contributed by atoms with Crippen LogP contribution in [0.1, 0.15) is 67.3 Å². The molecule has 4 amide bonds. The smallest absolute Gasteiger partial charge is 0.350 e. The highest BCUT2D eigenvalue weighted by Gasteiger charge is 2.64. The Kier molecular flexibility index (Phi) is 11.4. The minimum absolute atomic E-state index is 0.194. The number of halogens is 3. The van der Waals surface area contributed by atoms with Gasteiger partial charge < -0.3 is 24.9 Å². The fourth-order valence-electron chi connectivity index (χ4n) is 8.48. The Morgan fingerprint density at radius 2 is 1.55 bits per heavy atom. The monoisotopic (exact) mass is 773 g/mol. The first-order valence-corrected chi connectivity index (χ1v) is 20.0. The molecule has 4 heterocycles. The lowest BCUT2D eigenvalue weighted by Crippen LogP contribution is -2.80. The van der Waals surface area contributed by atoms with Crippen LogP contribution in [0.5, 0.6) is 0 Å². The zero-order chi connectivity index (χ0) is 38.7. The molecule has 0 aliphatic carbocycles. The van der Waals surface area contributed by atoms with Gasteiger partial charge in [0.25, 0.3) is 17.1 Å². The molecule has 4 atom stereocenters. The van der Waals surface area contributed by atoms with Crippen LogP contribution in [-0.2, 0) is 27.1 Å². The lowest BCUT2D eigenvalue weighted by atomic mass is 9.81. The number of benzene rings is 3. The fraction of sp³-hybridized carbons (Fsp3) is 0.429. The number of hydrogen-bond donors (Lipinski definition) is 1. The molecule has 13 heteroatoms. The average molecular weight is 774 g/mol. The summed E-state index contributed by atoms with van der Waals surface area (Å²) in [5, 5.41) is 2.45. The van der Waals surface area contributed by atoms with Gasteiger partial charge in [-0.15, -0.1) is 0 Å². The van der Waals surface area contributed by atoms with E-state index in [9.17, 15) is 32.3 Å². The van der Waals surface area contributed by atoms with Crippen LogP contribution < -0.4 is 5.32 Å². The van der Waals surface area contributed by atoms with Gasteiger partial charge in [-0.25, -0.2) is 0 Å². The Hall–Kier alpha value is -4.62. The minimum Gasteiger partial charge on any atom is -0.350 e. The van der Waals surface area contributed by atoms with Crippen LogP contribution in [0.4, 0.5) is 18.0 Å². The normalized spacial score (nSPS) is 23.9. The summed E-state index contributed by atoms with van der Waals surface area (Å²) in [5.41, 5.74) is -1.06. The van der Waals surface area contributed by atoms with Gasteiger partial charge >= 0.3 is 6.18 Å². The van der Waals surface area contributed by atoms with Crippen LogP contribution >= 0.6 is 11.8 Å². The number of rotatable bonds is 10. The van der Waals surface area contributed by atoms with Gasteiger partial charge in [0.15, 0.2) is 5.54 Å². The molecule has 4 aliphatic heterocycles. The number of hydrogen-bond acceptors (Lipinski definition) is 6. The van der Waals surface area contributed by atoms with Crippen LogP contribution in [0.2, 0.25) is 0 Å². The average Bonchev–Trinajstić information content (AvgIpc) is 3.58. The zero-order valence-corrected chi connectivity index (χ0v) is 31.6. The summed E-state index contributed by atoms with van der Waals surface area (Å²) in [6.45, 7) is 3.96. The molecule has 3 aromatic carbocycles. The van der Waals surface area contributed by atoms with Crippen LogP contribution in [-0.4, -0.2) is 98.2 Å². The molecule has 4 fully saturated rings. The van der Waals surface area contributed by atoms with Crippen LogP contribution in [0.15, 0.2) is 91.0 Å². The predicted octanol–water partition coefficient (Wildman–Crippen LogP) is 6.76.